The van der Waals surface area contributed by atoms with Crippen LogP contribution in [0.2, 0.25) is 0 Å². The van der Waals surface area contributed by atoms with Gasteiger partial charge in [0, 0.05) is 12.1 Å². The molecule has 2 fully saturated rings. The Bertz CT molecular complexity index is 121. The van der Waals surface area contributed by atoms with E-state index in [0.717, 1.165) is 18.3 Å². The van der Waals surface area contributed by atoms with Gasteiger partial charge in [0.25, 0.3) is 0 Å². The van der Waals surface area contributed by atoms with Crippen molar-refractivity contribution in [2.24, 2.45) is 23.3 Å². The zero-order valence-electron chi connectivity index (χ0n) is 6.29. The van der Waals surface area contributed by atoms with Gasteiger partial charge in [-0.25, -0.2) is 0 Å². The van der Waals surface area contributed by atoms with Gasteiger partial charge in [0.15, 0.2) is 0 Å². The lowest BCUT2D eigenvalue weighted by Crippen LogP contribution is -2.24. The number of hydrogen-bond donors (Lipinski definition) is 2. The molecule has 0 spiro atoms. The van der Waals surface area contributed by atoms with Gasteiger partial charge in [-0.05, 0) is 31.1 Å². The van der Waals surface area contributed by atoms with Crippen LogP contribution in [0.1, 0.15) is 25.7 Å². The van der Waals surface area contributed by atoms with Crippen molar-refractivity contribution in [3.63, 3.8) is 0 Å². The maximum atomic E-state index is 5.93. The largest absolute Gasteiger partial charge is 0.327 e. The number of fused-ring (bicyclic) bond motifs is 1. The molecule has 2 nitrogen and oxygen atoms in total. The minimum Gasteiger partial charge on any atom is -0.327 e. The lowest BCUT2D eigenvalue weighted by atomic mass is 9.97. The van der Waals surface area contributed by atoms with Crippen molar-refractivity contribution in [2.75, 3.05) is 0 Å². The van der Waals surface area contributed by atoms with E-state index < -0.39 is 0 Å². The quantitative estimate of drug-likeness (QED) is 0.513. The molecule has 0 amide bonds. The normalized spacial score (nSPS) is 53.4. The molecule has 0 aliphatic heterocycles. The summed E-state index contributed by atoms with van der Waals surface area (Å²) in [5.41, 5.74) is 11.9. The fourth-order valence-corrected chi connectivity index (χ4v) is 2.74. The summed E-state index contributed by atoms with van der Waals surface area (Å²) in [6.45, 7) is 0. The first-order valence-corrected chi connectivity index (χ1v) is 4.30. The Labute approximate surface area is 62.0 Å². The first-order valence-electron chi connectivity index (χ1n) is 4.30. The topological polar surface area (TPSA) is 52.0 Å². The minimum absolute atomic E-state index is 0.419. The average Bonchev–Trinajstić information content (AvgIpc) is 2.39. The van der Waals surface area contributed by atoms with Gasteiger partial charge in [0.2, 0.25) is 0 Å². The van der Waals surface area contributed by atoms with E-state index in [1.54, 1.807) is 0 Å². The molecule has 0 aromatic carbocycles. The Hall–Kier alpha value is -0.0800. The van der Waals surface area contributed by atoms with E-state index in [1.807, 2.05) is 0 Å². The lowest BCUT2D eigenvalue weighted by Gasteiger charge is -2.13. The molecule has 0 bridgehead atoms. The van der Waals surface area contributed by atoms with Crippen LogP contribution in [0.4, 0.5) is 0 Å². The third kappa shape index (κ3) is 0.789. The molecule has 58 valence electrons. The summed E-state index contributed by atoms with van der Waals surface area (Å²) in [5, 5.41) is 0. The second-order valence-electron chi connectivity index (χ2n) is 3.82. The second-order valence-corrected chi connectivity index (χ2v) is 3.82. The van der Waals surface area contributed by atoms with Crippen molar-refractivity contribution >= 4 is 0 Å². The van der Waals surface area contributed by atoms with Crippen LogP contribution in [0.25, 0.3) is 0 Å². The molecular weight excluding hydrogens is 124 g/mol. The molecule has 4 atom stereocenters. The van der Waals surface area contributed by atoms with Crippen LogP contribution in [0.15, 0.2) is 0 Å². The van der Waals surface area contributed by atoms with E-state index in [1.165, 1.54) is 19.3 Å². The zero-order valence-corrected chi connectivity index (χ0v) is 6.29. The molecule has 2 aliphatic carbocycles. The highest BCUT2D eigenvalue weighted by molar-refractivity contribution is 4.98. The van der Waals surface area contributed by atoms with Gasteiger partial charge in [-0.2, -0.15) is 0 Å². The number of rotatable bonds is 0. The highest BCUT2D eigenvalue weighted by Crippen LogP contribution is 2.42. The molecule has 0 aromatic rings. The summed E-state index contributed by atoms with van der Waals surface area (Å²) < 4.78 is 0. The van der Waals surface area contributed by atoms with Gasteiger partial charge >= 0.3 is 0 Å². The third-order valence-electron chi connectivity index (χ3n) is 3.27. The Morgan fingerprint density at radius 3 is 1.90 bits per heavy atom. The van der Waals surface area contributed by atoms with E-state index in [0.29, 0.717) is 12.1 Å². The van der Waals surface area contributed by atoms with E-state index >= 15 is 0 Å². The molecule has 0 radical (unpaired) electrons. The van der Waals surface area contributed by atoms with Crippen LogP contribution >= 0.6 is 0 Å². The van der Waals surface area contributed by atoms with E-state index in [9.17, 15) is 0 Å². The summed E-state index contributed by atoms with van der Waals surface area (Å²) in [6, 6.07) is 0.838. The Kier molecular flexibility index (Phi) is 1.46. The summed E-state index contributed by atoms with van der Waals surface area (Å²) in [4.78, 5) is 0. The number of nitrogens with two attached hydrogens (primary N) is 2. The lowest BCUT2D eigenvalue weighted by molar-refractivity contribution is 0.401. The van der Waals surface area contributed by atoms with Crippen molar-refractivity contribution in [3.8, 4) is 0 Å². The molecule has 0 saturated heterocycles. The standard InChI is InChI=1S/C8H16N2/c9-7-4-8(10)6-3-1-2-5(6)7/h5-8H,1-4,9-10H2. The minimum atomic E-state index is 0.419. The smallest absolute Gasteiger partial charge is 0.00852 e. The molecule has 0 heterocycles. The molecule has 2 saturated carbocycles. The highest BCUT2D eigenvalue weighted by Gasteiger charge is 2.42. The number of hydrogen-bond acceptors (Lipinski definition) is 2. The maximum absolute atomic E-state index is 5.93. The second kappa shape index (κ2) is 2.21. The van der Waals surface area contributed by atoms with Crippen LogP contribution in [0.5, 0.6) is 0 Å². The van der Waals surface area contributed by atoms with Gasteiger partial charge in [0.05, 0.1) is 0 Å². The predicted molar refractivity (Wildman–Crippen MR) is 41.4 cm³/mol. The van der Waals surface area contributed by atoms with Crippen molar-refractivity contribution < 1.29 is 0 Å². The van der Waals surface area contributed by atoms with Crippen molar-refractivity contribution in [1.29, 1.82) is 0 Å². The zero-order chi connectivity index (χ0) is 7.14. The van der Waals surface area contributed by atoms with Crippen LogP contribution in [0.3, 0.4) is 0 Å². The summed E-state index contributed by atoms with van der Waals surface area (Å²) in [6.07, 6.45) is 5.09. The fraction of sp³-hybridized carbons (Fsp3) is 1.00. The summed E-state index contributed by atoms with van der Waals surface area (Å²) in [5.74, 6) is 1.55. The Morgan fingerprint density at radius 2 is 1.40 bits per heavy atom. The van der Waals surface area contributed by atoms with Crippen LogP contribution < -0.4 is 11.5 Å². The van der Waals surface area contributed by atoms with Gasteiger partial charge in [-0.1, -0.05) is 6.42 Å². The van der Waals surface area contributed by atoms with Gasteiger partial charge in [-0.3, -0.25) is 0 Å². The third-order valence-corrected chi connectivity index (χ3v) is 3.27. The maximum Gasteiger partial charge on any atom is 0.00852 e. The van der Waals surface area contributed by atoms with Gasteiger partial charge in [-0.15, -0.1) is 0 Å². The highest BCUT2D eigenvalue weighted by atomic mass is 14.8. The van der Waals surface area contributed by atoms with Gasteiger partial charge in [0.1, 0.15) is 0 Å². The van der Waals surface area contributed by atoms with E-state index in [4.69, 9.17) is 11.5 Å². The molecule has 4 unspecified atom stereocenters. The predicted octanol–water partition coefficient (Wildman–Crippen LogP) is 0.461. The average molecular weight is 140 g/mol. The summed E-state index contributed by atoms with van der Waals surface area (Å²) >= 11 is 0. The van der Waals surface area contributed by atoms with Crippen molar-refractivity contribution in [2.45, 2.75) is 37.8 Å². The molecule has 2 rings (SSSR count). The van der Waals surface area contributed by atoms with E-state index in [-0.39, 0.29) is 0 Å². The SMILES string of the molecule is NC1CC(N)C2CCCC12. The fourth-order valence-electron chi connectivity index (χ4n) is 2.74. The monoisotopic (exact) mass is 140 g/mol. The Balaban J connectivity index is 2.11. The first-order chi connectivity index (χ1) is 4.79. The van der Waals surface area contributed by atoms with Gasteiger partial charge < -0.3 is 11.5 Å². The van der Waals surface area contributed by atoms with E-state index in [2.05, 4.69) is 0 Å². The van der Waals surface area contributed by atoms with Crippen LogP contribution in [0, 0.1) is 11.8 Å². The molecule has 0 aromatic heterocycles. The van der Waals surface area contributed by atoms with Crippen LogP contribution in [-0.4, -0.2) is 12.1 Å². The molecular formula is C8H16N2. The molecule has 4 N–H and O–H groups in total. The first kappa shape index (κ1) is 6.62. The molecule has 10 heavy (non-hydrogen) atoms. The van der Waals surface area contributed by atoms with Crippen molar-refractivity contribution in [1.82, 2.24) is 0 Å². The summed E-state index contributed by atoms with van der Waals surface area (Å²) in [7, 11) is 0. The molecule has 2 heteroatoms. The van der Waals surface area contributed by atoms with Crippen LogP contribution in [-0.2, 0) is 0 Å². The Morgan fingerprint density at radius 1 is 0.900 bits per heavy atom. The van der Waals surface area contributed by atoms with Crippen molar-refractivity contribution in [3.05, 3.63) is 0 Å². The molecule has 2 aliphatic rings.